The van der Waals surface area contributed by atoms with Crippen molar-refractivity contribution < 1.29 is 4.39 Å². The predicted molar refractivity (Wildman–Crippen MR) is 93.3 cm³/mol. The highest BCUT2D eigenvalue weighted by Gasteiger charge is 2.19. The molecule has 3 heterocycles. The molecule has 0 saturated heterocycles. The van der Waals surface area contributed by atoms with Crippen molar-refractivity contribution in [3.8, 4) is 16.9 Å². The van der Waals surface area contributed by atoms with Crippen LogP contribution in [0.3, 0.4) is 0 Å². The lowest BCUT2D eigenvalue weighted by atomic mass is 10.1. The van der Waals surface area contributed by atoms with E-state index >= 15 is 0 Å². The van der Waals surface area contributed by atoms with Gasteiger partial charge in [-0.3, -0.25) is 19.1 Å². The Bertz CT molecular complexity index is 1180. The maximum atomic E-state index is 14.3. The topological polar surface area (TPSA) is 94.5 Å². The molecule has 0 unspecified atom stereocenters. The van der Waals surface area contributed by atoms with E-state index in [1.807, 2.05) is 0 Å². The summed E-state index contributed by atoms with van der Waals surface area (Å²) in [6.45, 7) is 0. The number of fused-ring (bicyclic) bond motifs is 1. The Labute approximate surface area is 145 Å². The normalized spacial score (nSPS) is 11.3. The molecule has 0 fully saturated rings. The predicted octanol–water partition coefficient (Wildman–Crippen LogP) is 2.49. The van der Waals surface area contributed by atoms with Crippen molar-refractivity contribution in [1.82, 2.24) is 24.5 Å². The fraction of sp³-hybridized carbons (Fsp3) is 0.0625. The number of benzene rings is 1. The quantitative estimate of drug-likeness (QED) is 0.575. The molecule has 0 amide bonds. The summed E-state index contributed by atoms with van der Waals surface area (Å²) in [5.41, 5.74) is 6.97. The van der Waals surface area contributed by atoms with E-state index in [1.165, 1.54) is 29.0 Å². The smallest absolute Gasteiger partial charge is 0.268 e. The number of rotatable bonds is 2. The highest BCUT2D eigenvalue weighted by molar-refractivity contribution is 6.30. The van der Waals surface area contributed by atoms with Crippen molar-refractivity contribution in [2.75, 3.05) is 5.73 Å². The zero-order chi connectivity index (χ0) is 17.7. The second-order valence-electron chi connectivity index (χ2n) is 5.55. The summed E-state index contributed by atoms with van der Waals surface area (Å²) < 4.78 is 17.1. The number of nitrogens with one attached hydrogen (secondary N) is 1. The van der Waals surface area contributed by atoms with Crippen LogP contribution < -0.4 is 11.3 Å². The molecule has 0 spiro atoms. The molecule has 4 rings (SSSR count). The van der Waals surface area contributed by atoms with Crippen LogP contribution in [-0.2, 0) is 7.05 Å². The first-order valence-corrected chi connectivity index (χ1v) is 7.68. The lowest BCUT2D eigenvalue weighted by Gasteiger charge is -2.10. The first-order chi connectivity index (χ1) is 12.0. The second kappa shape index (κ2) is 5.45. The average molecular weight is 359 g/mol. The van der Waals surface area contributed by atoms with Crippen LogP contribution in [0.5, 0.6) is 0 Å². The Morgan fingerprint density at radius 1 is 1.32 bits per heavy atom. The van der Waals surface area contributed by atoms with Gasteiger partial charge in [0, 0.05) is 30.0 Å². The molecule has 9 heteroatoms. The summed E-state index contributed by atoms with van der Waals surface area (Å²) in [5, 5.41) is 11.5. The Morgan fingerprint density at radius 3 is 2.84 bits per heavy atom. The summed E-state index contributed by atoms with van der Waals surface area (Å²) in [7, 11) is 1.77. The SMILES string of the molecule is Cn1ccc(-c2cn(-c3cc(Cl)ccc3F)c(=O)c3c(N)n[nH]c23)n1. The highest BCUT2D eigenvalue weighted by Crippen LogP contribution is 2.28. The number of aromatic amines is 1. The van der Waals surface area contributed by atoms with Crippen LogP contribution in [-0.4, -0.2) is 24.5 Å². The van der Waals surface area contributed by atoms with Crippen LogP contribution in [0.1, 0.15) is 0 Å². The minimum atomic E-state index is -0.583. The fourth-order valence-electron chi connectivity index (χ4n) is 2.74. The van der Waals surface area contributed by atoms with Gasteiger partial charge in [0.25, 0.3) is 5.56 Å². The molecule has 0 radical (unpaired) electrons. The van der Waals surface area contributed by atoms with Crippen LogP contribution in [0.4, 0.5) is 10.2 Å². The molecule has 25 heavy (non-hydrogen) atoms. The minimum Gasteiger partial charge on any atom is -0.382 e. The molecule has 0 aliphatic carbocycles. The van der Waals surface area contributed by atoms with Gasteiger partial charge >= 0.3 is 0 Å². The third-order valence-electron chi connectivity index (χ3n) is 3.91. The van der Waals surface area contributed by atoms with Gasteiger partial charge in [-0.15, -0.1) is 0 Å². The molecule has 0 aliphatic heterocycles. The number of H-pyrrole nitrogens is 1. The van der Waals surface area contributed by atoms with Crippen molar-refractivity contribution in [1.29, 1.82) is 0 Å². The molecular formula is C16H12ClFN6O. The Morgan fingerprint density at radius 2 is 2.12 bits per heavy atom. The second-order valence-corrected chi connectivity index (χ2v) is 5.98. The summed E-state index contributed by atoms with van der Waals surface area (Å²) in [4.78, 5) is 12.9. The van der Waals surface area contributed by atoms with Gasteiger partial charge in [0.1, 0.15) is 11.2 Å². The summed E-state index contributed by atoms with van der Waals surface area (Å²) in [5.74, 6) is -0.547. The molecule has 3 N–H and O–H groups in total. The van der Waals surface area contributed by atoms with Crippen LogP contribution in [0.15, 0.2) is 41.5 Å². The summed E-state index contributed by atoms with van der Waals surface area (Å²) >= 11 is 5.97. The Balaban J connectivity index is 2.12. The minimum absolute atomic E-state index is 0.0252. The van der Waals surface area contributed by atoms with E-state index < -0.39 is 11.4 Å². The number of nitrogen functional groups attached to an aromatic ring is 1. The third-order valence-corrected chi connectivity index (χ3v) is 4.15. The maximum Gasteiger partial charge on any atom is 0.268 e. The molecule has 7 nitrogen and oxygen atoms in total. The molecule has 126 valence electrons. The van der Waals surface area contributed by atoms with Crippen molar-refractivity contribution in [3.63, 3.8) is 0 Å². The Hall–Kier alpha value is -3.13. The van der Waals surface area contributed by atoms with Gasteiger partial charge in [0.05, 0.1) is 16.9 Å². The van der Waals surface area contributed by atoms with Crippen molar-refractivity contribution in [2.45, 2.75) is 0 Å². The van der Waals surface area contributed by atoms with E-state index in [0.29, 0.717) is 21.8 Å². The number of aryl methyl sites for hydroxylation is 1. The Kier molecular flexibility index (Phi) is 3.36. The molecule has 0 aliphatic rings. The van der Waals surface area contributed by atoms with Gasteiger partial charge in [0.15, 0.2) is 5.82 Å². The van der Waals surface area contributed by atoms with Crippen molar-refractivity contribution in [3.05, 3.63) is 57.9 Å². The number of anilines is 1. The largest absolute Gasteiger partial charge is 0.382 e. The first kappa shape index (κ1) is 15.4. The van der Waals surface area contributed by atoms with E-state index in [1.54, 1.807) is 24.0 Å². The zero-order valence-corrected chi connectivity index (χ0v) is 13.8. The third kappa shape index (κ3) is 2.38. The molecular weight excluding hydrogens is 347 g/mol. The van der Waals surface area contributed by atoms with Crippen LogP contribution in [0.2, 0.25) is 5.02 Å². The van der Waals surface area contributed by atoms with Gasteiger partial charge in [-0.1, -0.05) is 11.6 Å². The van der Waals surface area contributed by atoms with Gasteiger partial charge in [-0.2, -0.15) is 10.2 Å². The molecule has 0 bridgehead atoms. The van der Waals surface area contributed by atoms with Gasteiger partial charge in [-0.05, 0) is 24.3 Å². The number of halogens is 2. The fourth-order valence-corrected chi connectivity index (χ4v) is 2.91. The highest BCUT2D eigenvalue weighted by atomic mass is 35.5. The number of pyridine rings is 1. The summed E-state index contributed by atoms with van der Waals surface area (Å²) in [6, 6.07) is 5.76. The number of hydrogen-bond donors (Lipinski definition) is 2. The summed E-state index contributed by atoms with van der Waals surface area (Å²) in [6.07, 6.45) is 3.26. The van der Waals surface area contributed by atoms with Gasteiger partial charge in [-0.25, -0.2) is 4.39 Å². The van der Waals surface area contributed by atoms with Gasteiger partial charge in [0.2, 0.25) is 0 Å². The zero-order valence-electron chi connectivity index (χ0n) is 13.0. The number of nitrogens with zero attached hydrogens (tertiary/aromatic N) is 4. The molecule has 3 aromatic heterocycles. The lowest BCUT2D eigenvalue weighted by molar-refractivity contribution is 0.616. The standard InChI is InChI=1S/C16H12ClFN6O/c1-23-5-4-11(22-23)9-7-24(12-6-8(17)2-3-10(12)18)16(25)13-14(9)20-21-15(13)19/h2-7H,1H3,(H3,19,20,21). The van der Waals surface area contributed by atoms with E-state index in [9.17, 15) is 9.18 Å². The van der Waals surface area contributed by atoms with Crippen LogP contribution in [0.25, 0.3) is 27.8 Å². The van der Waals surface area contributed by atoms with E-state index in [4.69, 9.17) is 17.3 Å². The van der Waals surface area contributed by atoms with E-state index in [-0.39, 0.29) is 16.9 Å². The van der Waals surface area contributed by atoms with Crippen molar-refractivity contribution in [2.24, 2.45) is 7.05 Å². The lowest BCUT2D eigenvalue weighted by Crippen LogP contribution is -2.20. The number of aromatic nitrogens is 5. The molecule has 0 atom stereocenters. The average Bonchev–Trinajstić information content (AvgIpc) is 3.17. The maximum absolute atomic E-state index is 14.3. The van der Waals surface area contributed by atoms with E-state index in [0.717, 1.165) is 0 Å². The number of nitrogens with two attached hydrogens (primary N) is 1. The molecule has 0 saturated carbocycles. The van der Waals surface area contributed by atoms with Crippen LogP contribution >= 0.6 is 11.6 Å². The first-order valence-electron chi connectivity index (χ1n) is 7.30. The monoisotopic (exact) mass is 358 g/mol. The molecule has 4 aromatic rings. The number of hydrogen-bond acceptors (Lipinski definition) is 4. The van der Waals surface area contributed by atoms with Crippen LogP contribution in [0, 0.1) is 5.82 Å². The molecule has 1 aromatic carbocycles. The van der Waals surface area contributed by atoms with Crippen molar-refractivity contribution >= 4 is 28.3 Å². The van der Waals surface area contributed by atoms with Gasteiger partial charge < -0.3 is 5.73 Å². The van der Waals surface area contributed by atoms with E-state index in [2.05, 4.69) is 15.3 Å².